The number of rotatable bonds is 2. The molecule has 0 amide bonds. The van der Waals surface area contributed by atoms with E-state index in [4.69, 9.17) is 0 Å². The highest BCUT2D eigenvalue weighted by atomic mass is 79.9. The summed E-state index contributed by atoms with van der Waals surface area (Å²) in [4.78, 5) is 11.6. The van der Waals surface area contributed by atoms with E-state index in [1.807, 2.05) is 30.3 Å². The lowest BCUT2D eigenvalue weighted by molar-refractivity contribution is 0.102. The molecule has 0 atom stereocenters. The Morgan fingerprint density at radius 2 is 1.82 bits per heavy atom. The Labute approximate surface area is 111 Å². The molecule has 0 bridgehead atoms. The minimum atomic E-state index is 0.129. The Kier molecular flexibility index (Phi) is 2.73. The van der Waals surface area contributed by atoms with Crippen molar-refractivity contribution in [2.45, 2.75) is 0 Å². The molecule has 0 aliphatic rings. The molecule has 0 saturated carbocycles. The summed E-state index contributed by atoms with van der Waals surface area (Å²) in [6.07, 6.45) is 0. The Morgan fingerprint density at radius 3 is 2.65 bits per heavy atom. The smallest absolute Gasteiger partial charge is 0.173 e. The van der Waals surface area contributed by atoms with E-state index >= 15 is 0 Å². The predicted octanol–water partition coefficient (Wildman–Crippen LogP) is 4.63. The van der Waals surface area contributed by atoms with Crippen molar-refractivity contribution in [1.29, 1.82) is 0 Å². The number of hydrogen-bond acceptors (Lipinski definition) is 2. The minimum Gasteiger partial charge on any atom is -0.293 e. The maximum Gasteiger partial charge on any atom is 0.173 e. The van der Waals surface area contributed by atoms with E-state index in [0.717, 1.165) is 5.56 Å². The summed E-state index contributed by atoms with van der Waals surface area (Å²) in [5.74, 6) is 0.129. The van der Waals surface area contributed by atoms with E-state index in [-0.39, 0.29) is 5.78 Å². The van der Waals surface area contributed by atoms with Crippen LogP contribution >= 0.6 is 27.3 Å². The normalized spacial score (nSPS) is 11.1. The second-order valence-electron chi connectivity index (χ2n) is 3.87. The molecule has 0 saturated heterocycles. The number of carbonyl (C=O) groups is 1. The van der Waals surface area contributed by atoms with E-state index in [1.165, 1.54) is 20.2 Å². The van der Waals surface area contributed by atoms with E-state index in [1.54, 1.807) is 11.3 Å². The molecular formula is C14H9BrOS. The number of ketones is 1. The second-order valence-corrected chi connectivity index (χ2v) is 5.51. The van der Waals surface area contributed by atoms with Crippen LogP contribution in [0.15, 0.2) is 42.5 Å². The van der Waals surface area contributed by atoms with Crippen molar-refractivity contribution in [3.05, 3.63) is 48.0 Å². The number of Topliss-reactive ketones (excluding diaryl/α,β-unsaturated/α-hetero) is 1. The largest absolute Gasteiger partial charge is 0.293 e. The molecule has 0 unspecified atom stereocenters. The number of hydrogen-bond donors (Lipinski definition) is 0. The van der Waals surface area contributed by atoms with Crippen molar-refractivity contribution in [1.82, 2.24) is 0 Å². The minimum absolute atomic E-state index is 0.129. The summed E-state index contributed by atoms with van der Waals surface area (Å²) in [5.41, 5.74) is 0.779. The van der Waals surface area contributed by atoms with Gasteiger partial charge in [0.2, 0.25) is 0 Å². The monoisotopic (exact) mass is 304 g/mol. The number of thiophene rings is 1. The molecule has 0 radical (unpaired) electrons. The highest BCUT2D eigenvalue weighted by Crippen LogP contribution is 2.34. The van der Waals surface area contributed by atoms with Gasteiger partial charge in [-0.15, -0.1) is 11.3 Å². The maximum absolute atomic E-state index is 11.6. The van der Waals surface area contributed by atoms with Crippen molar-refractivity contribution >= 4 is 53.2 Å². The van der Waals surface area contributed by atoms with Gasteiger partial charge in [0.05, 0.1) is 5.33 Å². The van der Waals surface area contributed by atoms with Crippen LogP contribution in [0.1, 0.15) is 10.4 Å². The highest BCUT2D eigenvalue weighted by molar-refractivity contribution is 9.09. The van der Waals surface area contributed by atoms with Gasteiger partial charge >= 0.3 is 0 Å². The summed E-state index contributed by atoms with van der Waals surface area (Å²) in [6.45, 7) is 0. The summed E-state index contributed by atoms with van der Waals surface area (Å²) in [5, 5.41) is 2.88. The van der Waals surface area contributed by atoms with Crippen molar-refractivity contribution in [2.75, 3.05) is 5.33 Å². The fraction of sp³-hybridized carbons (Fsp3) is 0.0714. The van der Waals surface area contributed by atoms with Crippen molar-refractivity contribution in [3.8, 4) is 0 Å². The van der Waals surface area contributed by atoms with Crippen LogP contribution in [0.25, 0.3) is 20.2 Å². The number of halogens is 1. The number of carbonyl (C=O) groups excluding carboxylic acids is 1. The zero-order valence-electron chi connectivity index (χ0n) is 8.94. The van der Waals surface area contributed by atoms with Gasteiger partial charge in [-0.25, -0.2) is 0 Å². The fourth-order valence-corrected chi connectivity index (χ4v) is 3.45. The Bertz CT molecular complexity index is 714. The first-order valence-corrected chi connectivity index (χ1v) is 7.24. The third-order valence-electron chi connectivity index (χ3n) is 2.82. The molecular weight excluding hydrogens is 296 g/mol. The summed E-state index contributed by atoms with van der Waals surface area (Å²) in [6, 6.07) is 14.3. The Morgan fingerprint density at radius 1 is 1.06 bits per heavy atom. The molecule has 2 aromatic carbocycles. The molecule has 0 aliphatic heterocycles. The second kappa shape index (κ2) is 4.24. The predicted molar refractivity (Wildman–Crippen MR) is 77.5 cm³/mol. The standard InChI is InChI=1S/C14H9BrOS/c15-8-12(16)9-5-6-11-10-3-1-2-4-13(10)17-14(11)7-9/h1-7H,8H2. The molecule has 84 valence electrons. The molecule has 1 nitrogen and oxygen atoms in total. The molecule has 1 aromatic heterocycles. The van der Waals surface area contributed by atoms with Gasteiger partial charge in [-0.3, -0.25) is 4.79 Å². The SMILES string of the molecule is O=C(CBr)c1ccc2c(c1)sc1ccccc12. The number of alkyl halides is 1. The molecule has 3 rings (SSSR count). The van der Waals surface area contributed by atoms with Gasteiger partial charge in [-0.05, 0) is 12.1 Å². The topological polar surface area (TPSA) is 17.1 Å². The summed E-state index contributed by atoms with van der Waals surface area (Å²) >= 11 is 4.94. The molecule has 0 fully saturated rings. The van der Waals surface area contributed by atoms with Crippen molar-refractivity contribution in [2.24, 2.45) is 0 Å². The average molecular weight is 305 g/mol. The summed E-state index contributed by atoms with van der Waals surface area (Å²) in [7, 11) is 0. The van der Waals surface area contributed by atoms with Gasteiger partial charge in [0.1, 0.15) is 0 Å². The fourth-order valence-electron chi connectivity index (χ4n) is 1.98. The Balaban J connectivity index is 2.30. The first kappa shape index (κ1) is 10.9. The van der Waals surface area contributed by atoms with Crippen LogP contribution in [0.4, 0.5) is 0 Å². The molecule has 17 heavy (non-hydrogen) atoms. The zero-order chi connectivity index (χ0) is 11.8. The van der Waals surface area contributed by atoms with Gasteiger partial charge in [-0.2, -0.15) is 0 Å². The summed E-state index contributed by atoms with van der Waals surface area (Å²) < 4.78 is 2.45. The van der Waals surface area contributed by atoms with Crippen LogP contribution in [-0.4, -0.2) is 11.1 Å². The van der Waals surface area contributed by atoms with Gasteiger partial charge < -0.3 is 0 Å². The average Bonchev–Trinajstić information content (AvgIpc) is 2.75. The molecule has 0 aliphatic carbocycles. The van der Waals surface area contributed by atoms with Crippen LogP contribution in [0.2, 0.25) is 0 Å². The van der Waals surface area contributed by atoms with Crippen LogP contribution in [0.5, 0.6) is 0 Å². The van der Waals surface area contributed by atoms with Crippen LogP contribution < -0.4 is 0 Å². The lowest BCUT2D eigenvalue weighted by Crippen LogP contribution is -1.98. The van der Waals surface area contributed by atoms with E-state index in [9.17, 15) is 4.79 Å². The van der Waals surface area contributed by atoms with Gasteiger partial charge in [0.15, 0.2) is 5.78 Å². The third-order valence-corrected chi connectivity index (χ3v) is 4.46. The van der Waals surface area contributed by atoms with Gasteiger partial charge in [0.25, 0.3) is 0 Å². The van der Waals surface area contributed by atoms with Crippen molar-refractivity contribution in [3.63, 3.8) is 0 Å². The van der Waals surface area contributed by atoms with Gasteiger partial charge in [0, 0.05) is 25.7 Å². The molecule has 3 heteroatoms. The lowest BCUT2D eigenvalue weighted by atomic mass is 10.1. The number of fused-ring (bicyclic) bond motifs is 3. The van der Waals surface area contributed by atoms with Crippen LogP contribution in [0, 0.1) is 0 Å². The van der Waals surface area contributed by atoms with Crippen LogP contribution in [0.3, 0.4) is 0 Å². The molecule has 1 heterocycles. The van der Waals surface area contributed by atoms with Gasteiger partial charge in [-0.1, -0.05) is 46.3 Å². The maximum atomic E-state index is 11.6. The first-order valence-electron chi connectivity index (χ1n) is 5.30. The highest BCUT2D eigenvalue weighted by Gasteiger charge is 2.08. The quantitative estimate of drug-likeness (QED) is 0.498. The van der Waals surface area contributed by atoms with E-state index < -0.39 is 0 Å². The van der Waals surface area contributed by atoms with E-state index in [2.05, 4.69) is 28.1 Å². The number of benzene rings is 2. The lowest BCUT2D eigenvalue weighted by Gasteiger charge is -1.97. The van der Waals surface area contributed by atoms with Crippen molar-refractivity contribution < 1.29 is 4.79 Å². The molecule has 3 aromatic rings. The molecule has 0 N–H and O–H groups in total. The Hall–Kier alpha value is -1.19. The third kappa shape index (κ3) is 1.79. The zero-order valence-corrected chi connectivity index (χ0v) is 11.3. The van der Waals surface area contributed by atoms with E-state index in [0.29, 0.717) is 5.33 Å². The first-order chi connectivity index (χ1) is 8.29. The van der Waals surface area contributed by atoms with Crippen LogP contribution in [-0.2, 0) is 0 Å². The molecule has 0 spiro atoms.